The minimum atomic E-state index is 0.649. The van der Waals surface area contributed by atoms with E-state index >= 15 is 0 Å². The van der Waals surface area contributed by atoms with E-state index in [4.69, 9.17) is 16.3 Å². The molecule has 0 N–H and O–H groups in total. The molecular formula is C10H13ClO. The first-order chi connectivity index (χ1) is 5.74. The van der Waals surface area contributed by atoms with Gasteiger partial charge in [-0.05, 0) is 31.0 Å². The molecule has 0 heterocycles. The zero-order chi connectivity index (χ0) is 8.97. The quantitative estimate of drug-likeness (QED) is 0.701. The lowest BCUT2D eigenvalue weighted by Gasteiger charge is -2.03. The monoisotopic (exact) mass is 184 g/mol. The van der Waals surface area contributed by atoms with Crippen LogP contribution in [-0.2, 0) is 11.3 Å². The number of aryl methyl sites for hydroxylation is 1. The maximum atomic E-state index is 5.94. The van der Waals surface area contributed by atoms with E-state index in [1.165, 1.54) is 0 Å². The summed E-state index contributed by atoms with van der Waals surface area (Å²) in [4.78, 5) is 0. The first-order valence-corrected chi connectivity index (χ1v) is 4.44. The van der Waals surface area contributed by atoms with Gasteiger partial charge in [0.15, 0.2) is 0 Å². The number of halogens is 1. The van der Waals surface area contributed by atoms with Gasteiger partial charge < -0.3 is 4.74 Å². The van der Waals surface area contributed by atoms with Crippen molar-refractivity contribution in [1.82, 2.24) is 0 Å². The van der Waals surface area contributed by atoms with Crippen LogP contribution in [0.4, 0.5) is 0 Å². The summed E-state index contributed by atoms with van der Waals surface area (Å²) < 4.78 is 5.26. The van der Waals surface area contributed by atoms with E-state index in [0.29, 0.717) is 6.61 Å². The third-order valence-electron chi connectivity index (χ3n) is 1.71. The molecule has 0 aliphatic carbocycles. The van der Waals surface area contributed by atoms with Crippen LogP contribution in [0.2, 0.25) is 5.02 Å². The zero-order valence-electron chi connectivity index (χ0n) is 7.43. The van der Waals surface area contributed by atoms with Crippen molar-refractivity contribution >= 4 is 11.6 Å². The van der Waals surface area contributed by atoms with Gasteiger partial charge in [-0.25, -0.2) is 0 Å². The van der Waals surface area contributed by atoms with Crippen LogP contribution >= 0.6 is 11.6 Å². The summed E-state index contributed by atoms with van der Waals surface area (Å²) in [5.41, 5.74) is 2.24. The summed E-state index contributed by atoms with van der Waals surface area (Å²) >= 11 is 5.94. The number of benzene rings is 1. The van der Waals surface area contributed by atoms with Gasteiger partial charge in [0.1, 0.15) is 0 Å². The van der Waals surface area contributed by atoms with E-state index in [1.54, 1.807) is 0 Å². The molecule has 1 rings (SSSR count). The molecule has 0 saturated heterocycles. The Bertz CT molecular complexity index is 258. The topological polar surface area (TPSA) is 9.23 Å². The molecular weight excluding hydrogens is 172 g/mol. The Labute approximate surface area is 78.3 Å². The minimum absolute atomic E-state index is 0.649. The lowest BCUT2D eigenvalue weighted by atomic mass is 10.2. The van der Waals surface area contributed by atoms with Crippen molar-refractivity contribution in [3.63, 3.8) is 0 Å². The standard InChI is InChI=1S/C10H13ClO/c1-3-12-7-9-5-4-8(2)10(11)6-9/h4-6H,3,7H2,1-2H3. The van der Waals surface area contributed by atoms with E-state index in [1.807, 2.05) is 32.0 Å². The SMILES string of the molecule is CCOCc1ccc(C)c(Cl)c1. The Morgan fingerprint density at radius 1 is 1.42 bits per heavy atom. The highest BCUT2D eigenvalue weighted by Crippen LogP contribution is 2.16. The molecule has 1 aromatic rings. The molecule has 0 radical (unpaired) electrons. The van der Waals surface area contributed by atoms with Gasteiger partial charge in [-0.15, -0.1) is 0 Å². The van der Waals surface area contributed by atoms with Crippen LogP contribution < -0.4 is 0 Å². The lowest BCUT2D eigenvalue weighted by Crippen LogP contribution is -1.91. The molecule has 12 heavy (non-hydrogen) atoms. The fraction of sp³-hybridized carbons (Fsp3) is 0.400. The summed E-state index contributed by atoms with van der Waals surface area (Å²) in [5, 5.41) is 0.812. The normalized spacial score (nSPS) is 10.2. The molecule has 2 heteroatoms. The molecule has 0 fully saturated rings. The Kier molecular flexibility index (Phi) is 3.57. The number of rotatable bonds is 3. The van der Waals surface area contributed by atoms with Crippen molar-refractivity contribution in [2.75, 3.05) is 6.61 Å². The molecule has 0 saturated carbocycles. The van der Waals surface area contributed by atoms with Crippen LogP contribution in [0.1, 0.15) is 18.1 Å². The molecule has 0 aliphatic heterocycles. The molecule has 0 atom stereocenters. The predicted octanol–water partition coefficient (Wildman–Crippen LogP) is 3.18. The Hall–Kier alpha value is -0.530. The van der Waals surface area contributed by atoms with Gasteiger partial charge in [0.2, 0.25) is 0 Å². The second-order valence-electron chi connectivity index (χ2n) is 2.72. The number of ether oxygens (including phenoxy) is 1. The summed E-state index contributed by atoms with van der Waals surface area (Å²) in [6.45, 7) is 5.37. The van der Waals surface area contributed by atoms with Crippen molar-refractivity contribution in [3.8, 4) is 0 Å². The molecule has 0 unspecified atom stereocenters. The summed E-state index contributed by atoms with van der Waals surface area (Å²) in [7, 11) is 0. The third-order valence-corrected chi connectivity index (χ3v) is 2.12. The minimum Gasteiger partial charge on any atom is -0.377 e. The van der Waals surface area contributed by atoms with Crippen LogP contribution in [0.25, 0.3) is 0 Å². The Morgan fingerprint density at radius 2 is 2.17 bits per heavy atom. The fourth-order valence-corrected chi connectivity index (χ4v) is 1.15. The van der Waals surface area contributed by atoms with Gasteiger partial charge >= 0.3 is 0 Å². The summed E-state index contributed by atoms with van der Waals surface area (Å²) in [6.07, 6.45) is 0. The first kappa shape index (κ1) is 9.56. The molecule has 0 aliphatic rings. The van der Waals surface area contributed by atoms with Crippen molar-refractivity contribution in [1.29, 1.82) is 0 Å². The maximum Gasteiger partial charge on any atom is 0.0717 e. The first-order valence-electron chi connectivity index (χ1n) is 4.07. The largest absolute Gasteiger partial charge is 0.377 e. The Balaban J connectivity index is 2.69. The van der Waals surface area contributed by atoms with E-state index in [9.17, 15) is 0 Å². The average Bonchev–Trinajstić information content (AvgIpc) is 2.07. The van der Waals surface area contributed by atoms with Crippen LogP contribution in [0.5, 0.6) is 0 Å². The van der Waals surface area contributed by atoms with Crippen LogP contribution in [-0.4, -0.2) is 6.61 Å². The van der Waals surface area contributed by atoms with Gasteiger partial charge in [-0.1, -0.05) is 23.7 Å². The maximum absolute atomic E-state index is 5.94. The summed E-state index contributed by atoms with van der Waals surface area (Å²) in [6, 6.07) is 6.00. The molecule has 66 valence electrons. The lowest BCUT2D eigenvalue weighted by molar-refractivity contribution is 0.134. The van der Waals surface area contributed by atoms with E-state index < -0.39 is 0 Å². The van der Waals surface area contributed by atoms with E-state index in [0.717, 1.165) is 22.8 Å². The van der Waals surface area contributed by atoms with Gasteiger partial charge in [-0.3, -0.25) is 0 Å². The molecule has 1 nitrogen and oxygen atoms in total. The van der Waals surface area contributed by atoms with Crippen LogP contribution in [0.15, 0.2) is 18.2 Å². The molecule has 0 aromatic heterocycles. The van der Waals surface area contributed by atoms with Gasteiger partial charge in [0.25, 0.3) is 0 Å². The third kappa shape index (κ3) is 2.50. The van der Waals surface area contributed by atoms with Crippen molar-refractivity contribution in [2.24, 2.45) is 0 Å². The Morgan fingerprint density at radius 3 is 2.75 bits per heavy atom. The van der Waals surface area contributed by atoms with E-state index in [-0.39, 0.29) is 0 Å². The smallest absolute Gasteiger partial charge is 0.0717 e. The molecule has 0 amide bonds. The second-order valence-corrected chi connectivity index (χ2v) is 3.13. The zero-order valence-corrected chi connectivity index (χ0v) is 8.19. The predicted molar refractivity (Wildman–Crippen MR) is 51.5 cm³/mol. The number of hydrogen-bond acceptors (Lipinski definition) is 1. The fourth-order valence-electron chi connectivity index (χ4n) is 0.946. The van der Waals surface area contributed by atoms with Gasteiger partial charge in [0.05, 0.1) is 6.61 Å². The van der Waals surface area contributed by atoms with Crippen LogP contribution in [0, 0.1) is 6.92 Å². The second kappa shape index (κ2) is 4.48. The van der Waals surface area contributed by atoms with Crippen LogP contribution in [0.3, 0.4) is 0 Å². The average molecular weight is 185 g/mol. The number of hydrogen-bond donors (Lipinski definition) is 0. The molecule has 0 bridgehead atoms. The highest BCUT2D eigenvalue weighted by molar-refractivity contribution is 6.31. The van der Waals surface area contributed by atoms with Gasteiger partial charge in [0, 0.05) is 11.6 Å². The summed E-state index contributed by atoms with van der Waals surface area (Å²) in [5.74, 6) is 0. The van der Waals surface area contributed by atoms with Crippen molar-refractivity contribution in [3.05, 3.63) is 34.3 Å². The van der Waals surface area contributed by atoms with Gasteiger partial charge in [-0.2, -0.15) is 0 Å². The van der Waals surface area contributed by atoms with E-state index in [2.05, 4.69) is 0 Å². The molecule has 1 aromatic carbocycles. The molecule has 0 spiro atoms. The van der Waals surface area contributed by atoms with Crippen molar-refractivity contribution in [2.45, 2.75) is 20.5 Å². The highest BCUT2D eigenvalue weighted by atomic mass is 35.5. The highest BCUT2D eigenvalue weighted by Gasteiger charge is 1.96. The van der Waals surface area contributed by atoms with Crippen molar-refractivity contribution < 1.29 is 4.74 Å².